The lowest BCUT2D eigenvalue weighted by molar-refractivity contribution is -0.117. The van der Waals surface area contributed by atoms with Gasteiger partial charge in [-0.3, -0.25) is 9.69 Å². The van der Waals surface area contributed by atoms with Gasteiger partial charge in [-0.05, 0) is 54.7 Å². The van der Waals surface area contributed by atoms with E-state index in [0.29, 0.717) is 6.54 Å². The van der Waals surface area contributed by atoms with Gasteiger partial charge in [-0.25, -0.2) is 0 Å². The summed E-state index contributed by atoms with van der Waals surface area (Å²) in [6.07, 6.45) is 8.34. The first-order chi connectivity index (χ1) is 15.1. The molecule has 5 rings (SSSR count). The Morgan fingerprint density at radius 2 is 1.81 bits per heavy atom. The molecular formula is C25H28N2O4. The van der Waals surface area contributed by atoms with Crippen LogP contribution in [0.3, 0.4) is 0 Å². The third-order valence-corrected chi connectivity index (χ3v) is 6.33. The van der Waals surface area contributed by atoms with E-state index in [1.165, 1.54) is 12.0 Å². The van der Waals surface area contributed by atoms with Crippen molar-refractivity contribution in [2.24, 2.45) is 0 Å². The lowest BCUT2D eigenvalue weighted by Gasteiger charge is -2.31. The molecule has 1 fully saturated rings. The van der Waals surface area contributed by atoms with Gasteiger partial charge >= 0.3 is 0 Å². The van der Waals surface area contributed by atoms with E-state index >= 15 is 0 Å². The zero-order chi connectivity index (χ0) is 21.3. The number of nitrogens with one attached hydrogen (secondary N) is 1. The molecule has 0 unspecified atom stereocenters. The molecule has 2 aromatic rings. The molecule has 1 aliphatic carbocycles. The highest BCUT2D eigenvalue weighted by Gasteiger charge is 2.42. The summed E-state index contributed by atoms with van der Waals surface area (Å²) in [6, 6.07) is 12.9. The summed E-state index contributed by atoms with van der Waals surface area (Å²) < 4.78 is 12.3. The number of hydrogen-bond acceptors (Lipinski definition) is 5. The lowest BCUT2D eigenvalue weighted by Crippen LogP contribution is -2.40. The summed E-state index contributed by atoms with van der Waals surface area (Å²) in [5.74, 6) is 1.23. The number of phenols is 1. The molecular weight excluding hydrogens is 392 g/mol. The molecule has 6 heteroatoms. The van der Waals surface area contributed by atoms with Crippen molar-refractivity contribution < 1.29 is 19.4 Å². The van der Waals surface area contributed by atoms with Crippen LogP contribution in [0.4, 0.5) is 5.69 Å². The Morgan fingerprint density at radius 1 is 1.03 bits per heavy atom. The predicted molar refractivity (Wildman–Crippen MR) is 119 cm³/mol. The molecule has 0 radical (unpaired) electrons. The lowest BCUT2D eigenvalue weighted by atomic mass is 9.94. The number of rotatable bonds is 4. The minimum atomic E-state index is -0.501. The van der Waals surface area contributed by atoms with E-state index in [1.54, 1.807) is 12.1 Å². The van der Waals surface area contributed by atoms with Crippen LogP contribution in [0, 0.1) is 0 Å². The van der Waals surface area contributed by atoms with Gasteiger partial charge in [0.05, 0.1) is 6.54 Å². The molecule has 2 N–H and O–H groups in total. The highest BCUT2D eigenvalue weighted by Crippen LogP contribution is 2.46. The molecule has 6 nitrogen and oxygen atoms in total. The third kappa shape index (κ3) is 4.39. The zero-order valence-electron chi connectivity index (χ0n) is 17.6. The highest BCUT2D eigenvalue weighted by atomic mass is 16.7. The van der Waals surface area contributed by atoms with Crippen molar-refractivity contribution in [1.82, 2.24) is 4.90 Å². The van der Waals surface area contributed by atoms with Gasteiger partial charge in [0.25, 0.3) is 5.79 Å². The molecule has 31 heavy (non-hydrogen) atoms. The van der Waals surface area contributed by atoms with Crippen molar-refractivity contribution in [3.05, 3.63) is 54.1 Å². The number of carbonyl (C=O) groups is 1. The Labute approximate surface area is 182 Å². The van der Waals surface area contributed by atoms with Gasteiger partial charge in [0.1, 0.15) is 5.75 Å². The molecule has 2 heterocycles. The normalized spacial score (nSPS) is 19.8. The Morgan fingerprint density at radius 3 is 2.55 bits per heavy atom. The van der Waals surface area contributed by atoms with Crippen LogP contribution in [0.1, 0.15) is 44.1 Å². The summed E-state index contributed by atoms with van der Waals surface area (Å²) in [7, 11) is 0. The molecule has 0 atom stereocenters. The van der Waals surface area contributed by atoms with Crippen LogP contribution in [0.2, 0.25) is 0 Å². The second-order valence-electron chi connectivity index (χ2n) is 8.65. The molecule has 3 aliphatic rings. The Bertz CT molecular complexity index is 993. The molecule has 1 spiro atoms. The molecule has 162 valence electrons. The van der Waals surface area contributed by atoms with Gasteiger partial charge in [-0.2, -0.15) is 0 Å². The van der Waals surface area contributed by atoms with Crippen molar-refractivity contribution in [2.75, 3.05) is 25.0 Å². The monoisotopic (exact) mass is 420 g/mol. The fourth-order valence-corrected chi connectivity index (χ4v) is 4.66. The van der Waals surface area contributed by atoms with E-state index in [0.717, 1.165) is 67.9 Å². The number of nitrogens with zero attached hydrogens (tertiary/aromatic N) is 1. The smallest absolute Gasteiger partial charge is 0.251 e. The summed E-state index contributed by atoms with van der Waals surface area (Å²) in [5.41, 5.74) is 3.11. The zero-order valence-corrected chi connectivity index (χ0v) is 17.6. The third-order valence-electron chi connectivity index (χ3n) is 6.33. The van der Waals surface area contributed by atoms with Crippen LogP contribution in [-0.4, -0.2) is 41.3 Å². The summed E-state index contributed by atoms with van der Waals surface area (Å²) in [6.45, 7) is 1.90. The Hall–Kier alpha value is -2.99. The maximum atomic E-state index is 12.6. The second-order valence-corrected chi connectivity index (χ2v) is 8.65. The predicted octanol–water partition coefficient (Wildman–Crippen LogP) is 4.55. The molecule has 0 bridgehead atoms. The van der Waals surface area contributed by atoms with Crippen LogP contribution >= 0.6 is 0 Å². The second kappa shape index (κ2) is 8.27. The number of ether oxygens (including phenoxy) is 2. The number of amides is 1. The van der Waals surface area contributed by atoms with E-state index in [-0.39, 0.29) is 11.7 Å². The first-order valence-corrected chi connectivity index (χ1v) is 11.1. The largest absolute Gasteiger partial charge is 0.508 e. The fourth-order valence-electron chi connectivity index (χ4n) is 4.66. The summed E-state index contributed by atoms with van der Waals surface area (Å²) >= 11 is 0. The van der Waals surface area contributed by atoms with Crippen LogP contribution in [0.25, 0.3) is 5.57 Å². The molecule has 1 amide bonds. The molecule has 2 aliphatic heterocycles. The SMILES string of the molecule is O=C(CN1CC=C(c2ccc(O)cc2)CC1)Nc1ccc2c(c1)OC1(CCCCC1)O2. The maximum Gasteiger partial charge on any atom is 0.251 e. The first kappa shape index (κ1) is 19.9. The minimum Gasteiger partial charge on any atom is -0.508 e. The maximum absolute atomic E-state index is 12.6. The Kier molecular flexibility index (Phi) is 5.32. The van der Waals surface area contributed by atoms with E-state index in [2.05, 4.69) is 16.3 Å². The van der Waals surface area contributed by atoms with Crippen molar-refractivity contribution in [3.63, 3.8) is 0 Å². The number of phenolic OH excluding ortho intramolecular Hbond substituents is 1. The van der Waals surface area contributed by atoms with Gasteiger partial charge in [0, 0.05) is 37.7 Å². The topological polar surface area (TPSA) is 71.0 Å². The summed E-state index contributed by atoms with van der Waals surface area (Å²) in [5, 5.41) is 12.4. The van der Waals surface area contributed by atoms with Gasteiger partial charge in [-0.1, -0.05) is 24.6 Å². The van der Waals surface area contributed by atoms with Crippen molar-refractivity contribution in [3.8, 4) is 17.2 Å². The summed E-state index contributed by atoms with van der Waals surface area (Å²) in [4.78, 5) is 14.7. The average molecular weight is 421 g/mol. The standard InChI is InChI=1S/C25H28N2O4/c28-21-7-4-18(5-8-21)19-10-14-27(15-11-19)17-24(29)26-20-6-9-22-23(16-20)31-25(30-22)12-2-1-3-13-25/h4-10,16,28H,1-3,11-15,17H2,(H,26,29). The van der Waals surface area contributed by atoms with E-state index < -0.39 is 5.79 Å². The van der Waals surface area contributed by atoms with Crippen molar-refractivity contribution >= 4 is 17.2 Å². The first-order valence-electron chi connectivity index (χ1n) is 11.1. The number of anilines is 1. The number of benzene rings is 2. The minimum absolute atomic E-state index is 0.0345. The molecule has 2 aromatic carbocycles. The molecule has 1 saturated carbocycles. The van der Waals surface area contributed by atoms with Gasteiger partial charge in [0.2, 0.25) is 5.91 Å². The highest BCUT2D eigenvalue weighted by molar-refractivity contribution is 5.92. The Balaban J connectivity index is 1.16. The van der Waals surface area contributed by atoms with E-state index in [4.69, 9.17) is 9.47 Å². The average Bonchev–Trinajstić information content (AvgIpc) is 3.12. The number of carbonyl (C=O) groups excluding carboxylic acids is 1. The van der Waals surface area contributed by atoms with Gasteiger partial charge in [0.15, 0.2) is 11.5 Å². The molecule has 0 saturated heterocycles. The van der Waals surface area contributed by atoms with Crippen LogP contribution in [-0.2, 0) is 4.79 Å². The van der Waals surface area contributed by atoms with E-state index in [9.17, 15) is 9.90 Å². The van der Waals surface area contributed by atoms with Gasteiger partial charge in [-0.15, -0.1) is 0 Å². The van der Waals surface area contributed by atoms with Crippen LogP contribution in [0.15, 0.2) is 48.5 Å². The van der Waals surface area contributed by atoms with Crippen molar-refractivity contribution in [2.45, 2.75) is 44.3 Å². The van der Waals surface area contributed by atoms with E-state index in [1.807, 2.05) is 30.3 Å². The van der Waals surface area contributed by atoms with Crippen LogP contribution in [0.5, 0.6) is 17.2 Å². The molecule has 0 aromatic heterocycles. The number of aromatic hydroxyl groups is 1. The number of fused-ring (bicyclic) bond motifs is 1. The fraction of sp³-hybridized carbons (Fsp3) is 0.400. The quantitative estimate of drug-likeness (QED) is 0.759. The van der Waals surface area contributed by atoms with Gasteiger partial charge < -0.3 is 19.9 Å². The van der Waals surface area contributed by atoms with Crippen LogP contribution < -0.4 is 14.8 Å². The number of hydrogen-bond donors (Lipinski definition) is 2. The van der Waals surface area contributed by atoms with Crippen molar-refractivity contribution in [1.29, 1.82) is 0 Å².